The number of nitrogens with zero attached hydrogens (tertiary/aromatic N) is 1. The lowest BCUT2D eigenvalue weighted by Gasteiger charge is -2.19. The first-order valence-corrected chi connectivity index (χ1v) is 7.31. The van der Waals surface area contributed by atoms with Crippen molar-refractivity contribution in [2.24, 2.45) is 0 Å². The van der Waals surface area contributed by atoms with Gasteiger partial charge in [0.15, 0.2) is 5.13 Å². The summed E-state index contributed by atoms with van der Waals surface area (Å²) in [6.07, 6.45) is 3.11. The molecule has 1 aromatic heterocycles. The van der Waals surface area contributed by atoms with Gasteiger partial charge in [-0.3, -0.25) is 4.79 Å². The van der Waals surface area contributed by atoms with Crippen LogP contribution in [0.3, 0.4) is 0 Å². The lowest BCUT2D eigenvalue weighted by molar-refractivity contribution is 0.0725. The van der Waals surface area contributed by atoms with E-state index in [1.165, 1.54) is 11.3 Å². The van der Waals surface area contributed by atoms with E-state index in [4.69, 9.17) is 10.5 Å². The van der Waals surface area contributed by atoms with Gasteiger partial charge in [0.2, 0.25) is 0 Å². The predicted molar refractivity (Wildman–Crippen MR) is 76.6 cm³/mol. The molecule has 106 valence electrons. The first kappa shape index (κ1) is 14.1. The van der Waals surface area contributed by atoms with Gasteiger partial charge in [-0.2, -0.15) is 0 Å². The van der Waals surface area contributed by atoms with E-state index in [0.717, 1.165) is 25.8 Å². The third kappa shape index (κ3) is 3.16. The molecule has 4 N–H and O–H groups in total. The second-order valence-electron chi connectivity index (χ2n) is 4.55. The third-order valence-electron chi connectivity index (χ3n) is 3.26. The molecule has 1 saturated carbocycles. The van der Waals surface area contributed by atoms with Crippen molar-refractivity contribution in [2.45, 2.75) is 38.3 Å². The fraction of sp³-hybridized carbons (Fsp3) is 0.667. The van der Waals surface area contributed by atoms with Crippen LogP contribution in [-0.2, 0) is 4.74 Å². The smallest absolute Gasteiger partial charge is 0.265 e. The zero-order chi connectivity index (χ0) is 13.8. The molecule has 2 atom stereocenters. The average molecular weight is 284 g/mol. The van der Waals surface area contributed by atoms with Crippen molar-refractivity contribution in [2.75, 3.05) is 24.7 Å². The quantitative estimate of drug-likeness (QED) is 0.761. The van der Waals surface area contributed by atoms with Crippen LogP contribution in [-0.4, -0.2) is 36.7 Å². The van der Waals surface area contributed by atoms with E-state index in [1.807, 2.05) is 6.92 Å². The van der Waals surface area contributed by atoms with E-state index < -0.39 is 0 Å². The van der Waals surface area contributed by atoms with Gasteiger partial charge >= 0.3 is 0 Å². The van der Waals surface area contributed by atoms with Crippen molar-refractivity contribution in [1.29, 1.82) is 0 Å². The molecule has 0 aliphatic heterocycles. The molecule has 1 aromatic rings. The van der Waals surface area contributed by atoms with Crippen LogP contribution in [0.25, 0.3) is 0 Å². The number of amides is 1. The number of nitrogen functional groups attached to an aromatic ring is 1. The van der Waals surface area contributed by atoms with Crippen LogP contribution < -0.4 is 16.4 Å². The van der Waals surface area contributed by atoms with Crippen molar-refractivity contribution in [1.82, 2.24) is 10.3 Å². The first-order chi connectivity index (χ1) is 9.15. The normalized spacial score (nSPS) is 22.4. The molecule has 6 nitrogen and oxygen atoms in total. The topological polar surface area (TPSA) is 89.3 Å². The first-order valence-electron chi connectivity index (χ1n) is 6.49. The summed E-state index contributed by atoms with van der Waals surface area (Å²) in [5, 5.41) is 6.73. The molecular formula is C12H20N4O2S. The predicted octanol–water partition coefficient (Wildman–Crippen LogP) is 1.45. The molecule has 1 amide bonds. The van der Waals surface area contributed by atoms with Gasteiger partial charge in [-0.25, -0.2) is 4.98 Å². The van der Waals surface area contributed by atoms with Crippen LogP contribution >= 0.6 is 11.3 Å². The summed E-state index contributed by atoms with van der Waals surface area (Å²) in [6.45, 7) is 2.72. The summed E-state index contributed by atoms with van der Waals surface area (Å²) in [6, 6.07) is 0.0709. The Bertz CT molecular complexity index is 449. The maximum absolute atomic E-state index is 12.2. The molecule has 1 heterocycles. The van der Waals surface area contributed by atoms with Crippen LogP contribution in [0.5, 0.6) is 0 Å². The highest BCUT2D eigenvalue weighted by Gasteiger charge is 2.29. The molecule has 0 saturated heterocycles. The van der Waals surface area contributed by atoms with E-state index in [0.29, 0.717) is 10.0 Å². The van der Waals surface area contributed by atoms with Gasteiger partial charge in [-0.15, -0.1) is 0 Å². The minimum Gasteiger partial charge on any atom is -0.382 e. The molecule has 7 heteroatoms. The van der Waals surface area contributed by atoms with E-state index in [9.17, 15) is 4.79 Å². The molecule has 1 fully saturated rings. The van der Waals surface area contributed by atoms with Gasteiger partial charge in [0, 0.05) is 13.7 Å². The number of methoxy groups -OCH3 is 1. The SMILES string of the molecule is CCNc1nc(N)c(C(=O)NC2CCCC2OC)s1. The zero-order valence-corrected chi connectivity index (χ0v) is 12.0. The van der Waals surface area contributed by atoms with Crippen LogP contribution in [0, 0.1) is 0 Å². The lowest BCUT2D eigenvalue weighted by Crippen LogP contribution is -2.40. The Morgan fingerprint density at radius 3 is 3.05 bits per heavy atom. The number of anilines is 2. The Labute approximate surface area is 116 Å². The van der Waals surface area contributed by atoms with Gasteiger partial charge in [0.25, 0.3) is 5.91 Å². The summed E-state index contributed by atoms with van der Waals surface area (Å²) < 4.78 is 5.36. The number of aromatic nitrogens is 1. The molecular weight excluding hydrogens is 264 g/mol. The monoisotopic (exact) mass is 284 g/mol. The number of nitrogens with two attached hydrogens (primary N) is 1. The molecule has 0 spiro atoms. The van der Waals surface area contributed by atoms with E-state index in [1.54, 1.807) is 7.11 Å². The molecule has 19 heavy (non-hydrogen) atoms. The molecule has 0 bridgehead atoms. The molecule has 0 aromatic carbocycles. The maximum Gasteiger partial charge on any atom is 0.265 e. The summed E-state index contributed by atoms with van der Waals surface area (Å²) >= 11 is 1.28. The van der Waals surface area contributed by atoms with Crippen molar-refractivity contribution in [3.63, 3.8) is 0 Å². The van der Waals surface area contributed by atoms with E-state index in [-0.39, 0.29) is 23.9 Å². The summed E-state index contributed by atoms with van der Waals surface area (Å²) in [4.78, 5) is 16.8. The van der Waals surface area contributed by atoms with Crippen LogP contribution in [0.15, 0.2) is 0 Å². The standard InChI is InChI=1S/C12H20N4O2S/c1-3-14-12-16-10(13)9(19-12)11(17)15-7-5-4-6-8(7)18-2/h7-8H,3-6,13H2,1-2H3,(H,14,16)(H,15,17). The maximum atomic E-state index is 12.2. The average Bonchev–Trinajstić information content (AvgIpc) is 2.96. The third-order valence-corrected chi connectivity index (χ3v) is 4.29. The summed E-state index contributed by atoms with van der Waals surface area (Å²) in [7, 11) is 1.68. The fourth-order valence-electron chi connectivity index (χ4n) is 2.33. The number of nitrogens with one attached hydrogen (secondary N) is 2. The highest BCUT2D eigenvalue weighted by Crippen LogP contribution is 2.26. The number of ether oxygens (including phenoxy) is 1. The molecule has 2 unspecified atom stereocenters. The van der Waals surface area contributed by atoms with Crippen molar-refractivity contribution in [3.05, 3.63) is 4.88 Å². The number of rotatable bonds is 5. The van der Waals surface area contributed by atoms with Crippen LogP contribution in [0.2, 0.25) is 0 Å². The van der Waals surface area contributed by atoms with E-state index in [2.05, 4.69) is 15.6 Å². The van der Waals surface area contributed by atoms with Crippen LogP contribution in [0.4, 0.5) is 10.9 Å². The van der Waals surface area contributed by atoms with Crippen molar-refractivity contribution >= 4 is 28.2 Å². The Morgan fingerprint density at radius 1 is 1.58 bits per heavy atom. The Balaban J connectivity index is 2.03. The van der Waals surface area contributed by atoms with Gasteiger partial charge in [0.1, 0.15) is 10.7 Å². The Kier molecular flexibility index (Phi) is 4.60. The molecule has 0 radical (unpaired) electrons. The number of hydrogen-bond acceptors (Lipinski definition) is 6. The highest BCUT2D eigenvalue weighted by molar-refractivity contribution is 7.18. The Morgan fingerprint density at radius 2 is 2.37 bits per heavy atom. The minimum absolute atomic E-state index is 0.0709. The minimum atomic E-state index is -0.159. The number of carbonyl (C=O) groups excluding carboxylic acids is 1. The molecule has 2 rings (SSSR count). The largest absolute Gasteiger partial charge is 0.382 e. The van der Waals surface area contributed by atoms with Gasteiger partial charge in [-0.05, 0) is 26.2 Å². The summed E-state index contributed by atoms with van der Waals surface area (Å²) in [5.74, 6) is 0.124. The lowest BCUT2D eigenvalue weighted by atomic mass is 10.2. The van der Waals surface area contributed by atoms with Gasteiger partial charge < -0.3 is 21.1 Å². The molecule has 1 aliphatic carbocycles. The summed E-state index contributed by atoms with van der Waals surface area (Å²) in [5.41, 5.74) is 5.78. The zero-order valence-electron chi connectivity index (χ0n) is 11.2. The van der Waals surface area contributed by atoms with Crippen molar-refractivity contribution < 1.29 is 9.53 Å². The van der Waals surface area contributed by atoms with Crippen molar-refractivity contribution in [3.8, 4) is 0 Å². The van der Waals surface area contributed by atoms with Gasteiger partial charge in [-0.1, -0.05) is 11.3 Å². The number of carbonyl (C=O) groups is 1. The van der Waals surface area contributed by atoms with Crippen LogP contribution in [0.1, 0.15) is 35.9 Å². The Hall–Kier alpha value is -1.34. The second-order valence-corrected chi connectivity index (χ2v) is 5.55. The number of thiazole rings is 1. The second kappa shape index (κ2) is 6.21. The van der Waals surface area contributed by atoms with Gasteiger partial charge in [0.05, 0.1) is 12.1 Å². The highest BCUT2D eigenvalue weighted by atomic mass is 32.1. The molecule has 1 aliphatic rings. The van der Waals surface area contributed by atoms with E-state index >= 15 is 0 Å². The fourth-order valence-corrected chi connectivity index (χ4v) is 3.18. The number of hydrogen-bond donors (Lipinski definition) is 3.